The molecule has 0 bridgehead atoms. The summed E-state index contributed by atoms with van der Waals surface area (Å²) in [6, 6.07) is 13.4. The van der Waals surface area contributed by atoms with Crippen LogP contribution in [0.1, 0.15) is 24.1 Å². The molecule has 0 saturated carbocycles. The second-order valence-electron chi connectivity index (χ2n) is 7.65. The Kier molecular flexibility index (Phi) is 5.97. The highest BCUT2D eigenvalue weighted by molar-refractivity contribution is 5.39. The molecule has 4 rings (SSSR count). The summed E-state index contributed by atoms with van der Waals surface area (Å²) in [5.41, 5.74) is 9.34. The predicted octanol–water partition coefficient (Wildman–Crippen LogP) is 2.17. The van der Waals surface area contributed by atoms with Crippen LogP contribution in [0.15, 0.2) is 42.7 Å². The van der Waals surface area contributed by atoms with Crippen molar-refractivity contribution in [3.63, 3.8) is 0 Å². The van der Waals surface area contributed by atoms with Crippen molar-refractivity contribution in [2.24, 2.45) is 11.8 Å². The van der Waals surface area contributed by atoms with Crippen LogP contribution in [-0.4, -0.2) is 42.8 Å². The number of hydrogen-bond acceptors (Lipinski definition) is 6. The topological polar surface area (TPSA) is 62.3 Å². The number of ether oxygens (including phenoxy) is 1. The van der Waals surface area contributed by atoms with Crippen molar-refractivity contribution in [2.75, 3.05) is 31.6 Å². The largest absolute Gasteiger partial charge is 0.378 e. The van der Waals surface area contributed by atoms with E-state index in [1.807, 2.05) is 0 Å². The summed E-state index contributed by atoms with van der Waals surface area (Å²) in [7, 11) is 1.70. The summed E-state index contributed by atoms with van der Waals surface area (Å²) in [4.78, 5) is 11.2. The van der Waals surface area contributed by atoms with Gasteiger partial charge in [-0.25, -0.2) is 9.97 Å². The number of anilines is 1. The Hall–Kier alpha value is -2.02. The summed E-state index contributed by atoms with van der Waals surface area (Å²) in [6.07, 6.45) is 5.23. The summed E-state index contributed by atoms with van der Waals surface area (Å²) in [5.74, 6) is 2.25. The van der Waals surface area contributed by atoms with Gasteiger partial charge >= 0.3 is 0 Å². The number of nitrogens with one attached hydrogen (secondary N) is 2. The van der Waals surface area contributed by atoms with E-state index >= 15 is 0 Å². The standard InChI is InChI=1S/C21H29N5O/c1-27-14-19-11-20(23-15-22-19)26-9-5-8-17(13-26)21-18(12-24-25-21)10-16-6-3-2-4-7-16/h2-4,6-7,11,15,17-18,21,24-25H,5,8-10,12-14H2,1H3. The molecule has 2 aliphatic rings. The smallest absolute Gasteiger partial charge is 0.132 e. The fourth-order valence-corrected chi connectivity index (χ4v) is 4.47. The van der Waals surface area contributed by atoms with Crippen molar-refractivity contribution in [2.45, 2.75) is 31.9 Å². The van der Waals surface area contributed by atoms with E-state index in [1.165, 1.54) is 18.4 Å². The Balaban J connectivity index is 1.43. The third-order valence-corrected chi connectivity index (χ3v) is 5.77. The van der Waals surface area contributed by atoms with Gasteiger partial charge in [0.25, 0.3) is 0 Å². The Bertz CT molecular complexity index is 726. The van der Waals surface area contributed by atoms with Gasteiger partial charge < -0.3 is 9.64 Å². The van der Waals surface area contributed by atoms with Crippen LogP contribution in [0.4, 0.5) is 5.82 Å². The molecule has 0 spiro atoms. The molecule has 3 unspecified atom stereocenters. The van der Waals surface area contributed by atoms with Gasteiger partial charge in [0.05, 0.1) is 12.3 Å². The monoisotopic (exact) mass is 367 g/mol. The first kappa shape index (κ1) is 18.3. The molecule has 27 heavy (non-hydrogen) atoms. The average molecular weight is 367 g/mol. The van der Waals surface area contributed by atoms with Crippen molar-refractivity contribution in [1.82, 2.24) is 20.8 Å². The Morgan fingerprint density at radius 2 is 2.11 bits per heavy atom. The first-order valence-electron chi connectivity index (χ1n) is 9.90. The summed E-state index contributed by atoms with van der Waals surface area (Å²) in [5, 5.41) is 0. The van der Waals surface area contributed by atoms with Crippen LogP contribution >= 0.6 is 0 Å². The summed E-state index contributed by atoms with van der Waals surface area (Å²) >= 11 is 0. The lowest BCUT2D eigenvalue weighted by Crippen LogP contribution is -2.47. The van der Waals surface area contributed by atoms with E-state index in [0.717, 1.165) is 37.6 Å². The first-order valence-corrected chi connectivity index (χ1v) is 9.90. The van der Waals surface area contributed by atoms with Gasteiger partial charge in [0.2, 0.25) is 0 Å². The molecule has 2 N–H and O–H groups in total. The number of hydrogen-bond donors (Lipinski definition) is 2. The van der Waals surface area contributed by atoms with Crippen LogP contribution in [0.2, 0.25) is 0 Å². The SMILES string of the molecule is COCc1cc(N2CCCC(C3NNCC3Cc3ccccc3)C2)ncn1. The highest BCUT2D eigenvalue weighted by Gasteiger charge is 2.36. The summed E-state index contributed by atoms with van der Waals surface area (Å²) < 4.78 is 5.22. The number of piperidine rings is 1. The van der Waals surface area contributed by atoms with Crippen LogP contribution in [0.3, 0.4) is 0 Å². The lowest BCUT2D eigenvalue weighted by atomic mass is 9.81. The van der Waals surface area contributed by atoms with Gasteiger partial charge in [0, 0.05) is 38.9 Å². The van der Waals surface area contributed by atoms with Crippen molar-refractivity contribution in [3.8, 4) is 0 Å². The van der Waals surface area contributed by atoms with Gasteiger partial charge in [-0.3, -0.25) is 10.9 Å². The van der Waals surface area contributed by atoms with E-state index in [1.54, 1.807) is 13.4 Å². The number of rotatable bonds is 6. The molecule has 2 aliphatic heterocycles. The zero-order valence-electron chi connectivity index (χ0n) is 16.0. The number of aromatic nitrogens is 2. The second-order valence-corrected chi connectivity index (χ2v) is 7.65. The Labute approximate surface area is 161 Å². The van der Waals surface area contributed by atoms with E-state index in [-0.39, 0.29) is 0 Å². The van der Waals surface area contributed by atoms with Crippen LogP contribution < -0.4 is 15.8 Å². The van der Waals surface area contributed by atoms with Gasteiger partial charge in [-0.1, -0.05) is 30.3 Å². The van der Waals surface area contributed by atoms with Crippen molar-refractivity contribution >= 4 is 5.82 Å². The van der Waals surface area contributed by atoms with Crippen molar-refractivity contribution < 1.29 is 4.74 Å². The maximum Gasteiger partial charge on any atom is 0.132 e. The molecule has 2 saturated heterocycles. The van der Waals surface area contributed by atoms with Crippen LogP contribution in [-0.2, 0) is 17.8 Å². The summed E-state index contributed by atoms with van der Waals surface area (Å²) in [6.45, 7) is 3.65. The normalized spacial score (nSPS) is 25.7. The van der Waals surface area contributed by atoms with E-state index < -0.39 is 0 Å². The molecular weight excluding hydrogens is 338 g/mol. The fraction of sp³-hybridized carbons (Fsp3) is 0.524. The molecule has 6 heteroatoms. The molecule has 0 amide bonds. The highest BCUT2D eigenvalue weighted by atomic mass is 16.5. The number of nitrogens with zero attached hydrogens (tertiary/aromatic N) is 3. The van der Waals surface area contributed by atoms with Crippen LogP contribution in [0, 0.1) is 11.8 Å². The molecule has 144 valence electrons. The van der Waals surface area contributed by atoms with E-state index in [4.69, 9.17) is 4.74 Å². The van der Waals surface area contributed by atoms with Crippen molar-refractivity contribution in [3.05, 3.63) is 54.0 Å². The minimum atomic E-state index is 0.494. The van der Waals surface area contributed by atoms with E-state index in [9.17, 15) is 0 Å². The lowest BCUT2D eigenvalue weighted by Gasteiger charge is -2.38. The first-order chi connectivity index (χ1) is 13.3. The Morgan fingerprint density at radius 3 is 2.96 bits per heavy atom. The third kappa shape index (κ3) is 4.46. The molecule has 1 aromatic carbocycles. The highest BCUT2D eigenvalue weighted by Crippen LogP contribution is 2.29. The Morgan fingerprint density at radius 1 is 1.22 bits per heavy atom. The van der Waals surface area contributed by atoms with E-state index in [0.29, 0.717) is 24.5 Å². The number of methoxy groups -OCH3 is 1. The molecular formula is C21H29N5O. The molecule has 1 aromatic heterocycles. The second kappa shape index (κ2) is 8.78. The fourth-order valence-electron chi connectivity index (χ4n) is 4.47. The maximum atomic E-state index is 5.22. The minimum Gasteiger partial charge on any atom is -0.378 e. The van der Waals surface area contributed by atoms with Crippen LogP contribution in [0.25, 0.3) is 0 Å². The van der Waals surface area contributed by atoms with E-state index in [2.05, 4.69) is 62.1 Å². The minimum absolute atomic E-state index is 0.494. The van der Waals surface area contributed by atoms with Crippen molar-refractivity contribution in [1.29, 1.82) is 0 Å². The number of hydrazine groups is 1. The quantitative estimate of drug-likeness (QED) is 0.816. The molecule has 6 nitrogen and oxygen atoms in total. The third-order valence-electron chi connectivity index (χ3n) is 5.77. The molecule has 3 heterocycles. The average Bonchev–Trinajstić information content (AvgIpc) is 3.17. The van der Waals surface area contributed by atoms with Gasteiger partial charge in [0.15, 0.2) is 0 Å². The zero-order valence-corrected chi connectivity index (χ0v) is 16.0. The molecule has 0 radical (unpaired) electrons. The maximum absolute atomic E-state index is 5.22. The lowest BCUT2D eigenvalue weighted by molar-refractivity contribution is 0.181. The predicted molar refractivity (Wildman–Crippen MR) is 106 cm³/mol. The van der Waals surface area contributed by atoms with Gasteiger partial charge in [-0.2, -0.15) is 0 Å². The van der Waals surface area contributed by atoms with Gasteiger partial charge in [0.1, 0.15) is 12.1 Å². The van der Waals surface area contributed by atoms with Gasteiger partial charge in [-0.15, -0.1) is 0 Å². The molecule has 3 atom stereocenters. The van der Waals surface area contributed by atoms with Gasteiger partial charge in [-0.05, 0) is 36.7 Å². The van der Waals surface area contributed by atoms with Crippen LogP contribution in [0.5, 0.6) is 0 Å². The molecule has 2 fully saturated rings. The zero-order chi connectivity index (χ0) is 18.5. The number of benzene rings is 1. The molecule has 0 aliphatic carbocycles. The molecule has 2 aromatic rings.